The average molecular weight is 328 g/mol. The summed E-state index contributed by atoms with van der Waals surface area (Å²) in [6.07, 6.45) is 3.03. The number of H-pyrrole nitrogens is 1. The Balaban J connectivity index is 1.52. The quantitative estimate of drug-likeness (QED) is 0.455. The van der Waals surface area contributed by atoms with Crippen molar-refractivity contribution >= 4 is 22.9 Å². The van der Waals surface area contributed by atoms with Crippen LogP contribution in [0.3, 0.4) is 0 Å². The normalized spacial score (nSPS) is 11.2. The van der Waals surface area contributed by atoms with E-state index in [0.29, 0.717) is 28.7 Å². The first kappa shape index (κ1) is 13.8. The Labute approximate surface area is 133 Å². The molecule has 23 heavy (non-hydrogen) atoms. The Morgan fingerprint density at radius 2 is 2.00 bits per heavy atom. The lowest BCUT2D eigenvalue weighted by Crippen LogP contribution is -1.88. The molecule has 0 saturated heterocycles. The average Bonchev–Trinajstić information content (AvgIpc) is 3.23. The molecule has 0 atom stereocenters. The summed E-state index contributed by atoms with van der Waals surface area (Å²) in [6, 6.07) is 5.93. The van der Waals surface area contributed by atoms with Gasteiger partial charge in [0.2, 0.25) is 11.7 Å². The first-order valence-corrected chi connectivity index (χ1v) is 7.63. The van der Waals surface area contributed by atoms with Gasteiger partial charge in [-0.25, -0.2) is 19.3 Å². The van der Waals surface area contributed by atoms with Crippen LogP contribution in [0.1, 0.15) is 5.89 Å². The molecule has 4 rings (SSSR count). The van der Waals surface area contributed by atoms with Crippen molar-refractivity contribution in [2.24, 2.45) is 0 Å². The number of halogens is 1. The van der Waals surface area contributed by atoms with Crippen molar-refractivity contribution in [1.29, 1.82) is 0 Å². The number of fused-ring (bicyclic) bond motifs is 1. The van der Waals surface area contributed by atoms with Gasteiger partial charge >= 0.3 is 0 Å². The monoisotopic (exact) mass is 328 g/mol. The van der Waals surface area contributed by atoms with Gasteiger partial charge in [-0.3, -0.25) is 0 Å². The van der Waals surface area contributed by atoms with E-state index in [1.54, 1.807) is 18.5 Å². The fraction of sp³-hybridized carbons (Fsp3) is 0.0714. The maximum Gasteiger partial charge on any atom is 0.237 e. The molecular formula is C14H9FN6OS. The molecule has 0 aliphatic heterocycles. The zero-order chi connectivity index (χ0) is 15.6. The van der Waals surface area contributed by atoms with E-state index in [0.717, 1.165) is 10.5 Å². The number of thioether (sulfide) groups is 1. The summed E-state index contributed by atoms with van der Waals surface area (Å²) in [6.45, 7) is 0. The van der Waals surface area contributed by atoms with Gasteiger partial charge in [0.05, 0.1) is 12.1 Å². The lowest BCUT2D eigenvalue weighted by Gasteiger charge is -1.97. The minimum Gasteiger partial charge on any atom is -0.341 e. The molecular weight excluding hydrogens is 319 g/mol. The Hall–Kier alpha value is -2.81. The van der Waals surface area contributed by atoms with E-state index in [4.69, 9.17) is 4.52 Å². The van der Waals surface area contributed by atoms with E-state index in [1.807, 2.05) is 0 Å². The van der Waals surface area contributed by atoms with Gasteiger partial charge in [-0.1, -0.05) is 16.9 Å². The molecule has 3 heterocycles. The number of benzene rings is 1. The van der Waals surface area contributed by atoms with Gasteiger partial charge in [-0.2, -0.15) is 4.98 Å². The summed E-state index contributed by atoms with van der Waals surface area (Å²) in [5.74, 6) is 1.04. The maximum atomic E-state index is 12.9. The van der Waals surface area contributed by atoms with E-state index in [2.05, 4.69) is 30.1 Å². The largest absolute Gasteiger partial charge is 0.341 e. The molecule has 9 heteroatoms. The second-order valence-corrected chi connectivity index (χ2v) is 5.55. The predicted molar refractivity (Wildman–Crippen MR) is 80.9 cm³/mol. The molecule has 0 unspecified atom stereocenters. The molecule has 0 saturated carbocycles. The van der Waals surface area contributed by atoms with Gasteiger partial charge in [-0.05, 0) is 24.3 Å². The van der Waals surface area contributed by atoms with Crippen LogP contribution in [0, 0.1) is 5.82 Å². The van der Waals surface area contributed by atoms with Crippen molar-refractivity contribution in [2.45, 2.75) is 10.8 Å². The molecule has 0 aliphatic carbocycles. The van der Waals surface area contributed by atoms with Crippen molar-refractivity contribution in [3.63, 3.8) is 0 Å². The summed E-state index contributed by atoms with van der Waals surface area (Å²) in [5.41, 5.74) is 2.08. The third-order valence-corrected chi connectivity index (χ3v) is 4.07. The number of hydrogen-bond acceptors (Lipinski definition) is 7. The van der Waals surface area contributed by atoms with Crippen LogP contribution in [0.15, 0.2) is 46.5 Å². The first-order chi connectivity index (χ1) is 11.3. The minimum atomic E-state index is -0.305. The van der Waals surface area contributed by atoms with E-state index in [9.17, 15) is 4.39 Å². The summed E-state index contributed by atoms with van der Waals surface area (Å²) in [5, 5.41) is 4.66. The number of nitrogens with zero attached hydrogens (tertiary/aromatic N) is 5. The SMILES string of the molecule is Fc1ccc(-c2noc(CSc3ncnc4nc[nH]c34)n2)cc1. The number of aromatic nitrogens is 6. The van der Waals surface area contributed by atoms with E-state index in [1.165, 1.54) is 30.2 Å². The first-order valence-electron chi connectivity index (χ1n) is 6.65. The molecule has 4 aromatic rings. The number of aromatic amines is 1. The van der Waals surface area contributed by atoms with Crippen LogP contribution in [-0.4, -0.2) is 30.1 Å². The number of nitrogens with one attached hydrogen (secondary N) is 1. The summed E-state index contributed by atoms with van der Waals surface area (Å²) in [4.78, 5) is 19.7. The zero-order valence-corrected chi connectivity index (χ0v) is 12.4. The van der Waals surface area contributed by atoms with Crippen LogP contribution in [0.2, 0.25) is 0 Å². The van der Waals surface area contributed by atoms with Crippen LogP contribution in [0.5, 0.6) is 0 Å². The Morgan fingerprint density at radius 3 is 2.87 bits per heavy atom. The Kier molecular flexibility index (Phi) is 3.46. The maximum absolute atomic E-state index is 12.9. The topological polar surface area (TPSA) is 93.4 Å². The molecule has 0 bridgehead atoms. The van der Waals surface area contributed by atoms with Crippen molar-refractivity contribution in [3.05, 3.63) is 48.6 Å². The molecule has 0 fully saturated rings. The van der Waals surface area contributed by atoms with E-state index in [-0.39, 0.29) is 5.82 Å². The standard InChI is InChI=1S/C14H9FN6OS/c15-9-3-1-8(2-4-9)12-20-10(22-21-12)5-23-14-11-13(17-6-16-11)18-7-19-14/h1-4,6-7H,5H2,(H,16,17,18,19). The van der Waals surface area contributed by atoms with Crippen LogP contribution < -0.4 is 0 Å². The van der Waals surface area contributed by atoms with Gasteiger partial charge in [-0.15, -0.1) is 0 Å². The molecule has 0 radical (unpaired) electrons. The second kappa shape index (κ2) is 5.76. The fourth-order valence-corrected chi connectivity index (χ4v) is 2.81. The lowest BCUT2D eigenvalue weighted by molar-refractivity contribution is 0.391. The van der Waals surface area contributed by atoms with Crippen molar-refractivity contribution < 1.29 is 8.91 Å². The van der Waals surface area contributed by atoms with Crippen LogP contribution in [0.4, 0.5) is 4.39 Å². The molecule has 1 N–H and O–H groups in total. The third kappa shape index (κ3) is 2.78. The summed E-state index contributed by atoms with van der Waals surface area (Å²) >= 11 is 1.44. The Morgan fingerprint density at radius 1 is 1.13 bits per heavy atom. The van der Waals surface area contributed by atoms with Crippen LogP contribution >= 0.6 is 11.8 Å². The molecule has 114 valence electrons. The van der Waals surface area contributed by atoms with Gasteiger partial charge in [0, 0.05) is 5.56 Å². The van der Waals surface area contributed by atoms with Gasteiger partial charge in [0.15, 0.2) is 5.65 Å². The minimum absolute atomic E-state index is 0.305. The van der Waals surface area contributed by atoms with E-state index < -0.39 is 0 Å². The molecule has 7 nitrogen and oxygen atoms in total. The van der Waals surface area contributed by atoms with Crippen LogP contribution in [0.25, 0.3) is 22.6 Å². The highest BCUT2D eigenvalue weighted by atomic mass is 32.2. The highest BCUT2D eigenvalue weighted by Gasteiger charge is 2.12. The molecule has 3 aromatic heterocycles. The molecule has 1 aromatic carbocycles. The predicted octanol–water partition coefficient (Wildman–Crippen LogP) is 2.83. The number of imidazole rings is 1. The number of hydrogen-bond donors (Lipinski definition) is 1. The number of rotatable bonds is 4. The highest BCUT2D eigenvalue weighted by molar-refractivity contribution is 7.98. The van der Waals surface area contributed by atoms with Crippen molar-refractivity contribution in [2.75, 3.05) is 0 Å². The molecule has 0 aliphatic rings. The van der Waals surface area contributed by atoms with Gasteiger partial charge in [0.1, 0.15) is 22.7 Å². The zero-order valence-electron chi connectivity index (χ0n) is 11.6. The summed E-state index contributed by atoms with van der Waals surface area (Å²) < 4.78 is 18.1. The Bertz CT molecular complexity index is 951. The lowest BCUT2D eigenvalue weighted by atomic mass is 10.2. The van der Waals surface area contributed by atoms with Crippen molar-refractivity contribution in [3.8, 4) is 11.4 Å². The van der Waals surface area contributed by atoms with E-state index >= 15 is 0 Å². The smallest absolute Gasteiger partial charge is 0.237 e. The third-order valence-electron chi connectivity index (χ3n) is 3.09. The highest BCUT2D eigenvalue weighted by Crippen LogP contribution is 2.25. The summed E-state index contributed by atoms with van der Waals surface area (Å²) in [7, 11) is 0. The van der Waals surface area contributed by atoms with Crippen molar-refractivity contribution in [1.82, 2.24) is 30.1 Å². The second-order valence-electron chi connectivity index (χ2n) is 4.59. The van der Waals surface area contributed by atoms with Gasteiger partial charge in [0.25, 0.3) is 0 Å². The fourth-order valence-electron chi connectivity index (χ4n) is 2.01. The van der Waals surface area contributed by atoms with Crippen LogP contribution in [-0.2, 0) is 5.75 Å². The molecule has 0 amide bonds. The van der Waals surface area contributed by atoms with Gasteiger partial charge < -0.3 is 9.51 Å². The molecule has 0 spiro atoms.